The molecule has 1 aromatic rings. The van der Waals surface area contributed by atoms with Gasteiger partial charge in [0.1, 0.15) is 12.6 Å². The first-order chi connectivity index (χ1) is 13.8. The molecule has 3 nitrogen and oxygen atoms in total. The Hall–Kier alpha value is -1.87. The van der Waals surface area contributed by atoms with E-state index >= 15 is 0 Å². The molecule has 2 rings (SSSR count). The maximum Gasteiger partial charge on any atom is 0.216 e. The third-order valence-electron chi connectivity index (χ3n) is 5.06. The van der Waals surface area contributed by atoms with Crippen molar-refractivity contribution in [2.45, 2.75) is 83.3 Å². The van der Waals surface area contributed by atoms with E-state index in [4.69, 9.17) is 4.74 Å². The number of hydrogen-bond acceptors (Lipinski definition) is 3. The van der Waals surface area contributed by atoms with Crippen LogP contribution in [0.3, 0.4) is 0 Å². The van der Waals surface area contributed by atoms with Crippen LogP contribution in [0.25, 0.3) is 0 Å². The number of unbranched alkanes of at least 4 members (excludes halogenated alkanes) is 8. The lowest BCUT2D eigenvalue weighted by Crippen LogP contribution is -2.23. The Bertz CT molecular complexity index is 606. The molecule has 0 unspecified atom stereocenters. The van der Waals surface area contributed by atoms with Gasteiger partial charge in [-0.05, 0) is 37.8 Å². The van der Waals surface area contributed by atoms with E-state index < -0.39 is 6.10 Å². The van der Waals surface area contributed by atoms with Crippen molar-refractivity contribution in [3.8, 4) is 0 Å². The van der Waals surface area contributed by atoms with Crippen molar-refractivity contribution in [1.82, 2.24) is 0 Å². The average molecular weight is 384 g/mol. The molecular formula is C25H37NO2. The summed E-state index contributed by atoms with van der Waals surface area (Å²) >= 11 is 0. The first-order valence-electron chi connectivity index (χ1n) is 11.1. The second kappa shape index (κ2) is 14.2. The molecular weight excluding hydrogens is 346 g/mol. The number of aliphatic hydroxyl groups is 1. The molecule has 0 fully saturated rings. The third kappa shape index (κ3) is 8.88. The van der Waals surface area contributed by atoms with Gasteiger partial charge >= 0.3 is 0 Å². The van der Waals surface area contributed by atoms with Crippen molar-refractivity contribution in [3.05, 3.63) is 60.2 Å². The van der Waals surface area contributed by atoms with Gasteiger partial charge in [0.2, 0.25) is 5.90 Å². The van der Waals surface area contributed by atoms with Gasteiger partial charge in [0.05, 0.1) is 6.10 Å². The van der Waals surface area contributed by atoms with Crippen LogP contribution in [0.4, 0.5) is 0 Å². The molecule has 1 aliphatic rings. The average Bonchev–Trinajstić information content (AvgIpc) is 3.22. The van der Waals surface area contributed by atoms with E-state index in [1.807, 2.05) is 36.4 Å². The lowest BCUT2D eigenvalue weighted by atomic mass is 10.1. The SMILES string of the molecule is CCCCCCCCC/C=C\CC/C=C/[C@@H](O)[C@@H]1COC(c2ccccc2)=N1. The predicted octanol–water partition coefficient (Wildman–Crippen LogP) is 6.23. The summed E-state index contributed by atoms with van der Waals surface area (Å²) in [6.07, 6.45) is 20.6. The summed E-state index contributed by atoms with van der Waals surface area (Å²) in [5.41, 5.74) is 0.965. The molecule has 0 amide bonds. The van der Waals surface area contributed by atoms with Gasteiger partial charge in [-0.15, -0.1) is 0 Å². The van der Waals surface area contributed by atoms with Crippen LogP contribution in [0.5, 0.6) is 0 Å². The first kappa shape index (κ1) is 22.4. The van der Waals surface area contributed by atoms with E-state index in [2.05, 4.69) is 30.1 Å². The molecule has 3 heteroatoms. The van der Waals surface area contributed by atoms with E-state index in [-0.39, 0.29) is 6.04 Å². The molecule has 154 valence electrons. The highest BCUT2D eigenvalue weighted by Crippen LogP contribution is 2.15. The molecule has 1 aromatic carbocycles. The minimum absolute atomic E-state index is 0.209. The van der Waals surface area contributed by atoms with Crippen LogP contribution in [0, 0.1) is 0 Å². The van der Waals surface area contributed by atoms with Crippen LogP contribution in [-0.4, -0.2) is 29.8 Å². The van der Waals surface area contributed by atoms with Gasteiger partial charge in [-0.25, -0.2) is 4.99 Å². The normalized spacial score (nSPS) is 17.9. The quantitative estimate of drug-likeness (QED) is 0.306. The van der Waals surface area contributed by atoms with E-state index in [9.17, 15) is 5.11 Å². The number of allylic oxidation sites excluding steroid dienone is 3. The fourth-order valence-corrected chi connectivity index (χ4v) is 3.31. The minimum atomic E-state index is -0.585. The molecule has 1 N–H and O–H groups in total. The molecule has 0 saturated heterocycles. The van der Waals surface area contributed by atoms with E-state index in [1.54, 1.807) is 0 Å². The van der Waals surface area contributed by atoms with Crippen molar-refractivity contribution in [2.24, 2.45) is 4.99 Å². The van der Waals surface area contributed by atoms with Crippen LogP contribution in [0.15, 0.2) is 59.6 Å². The van der Waals surface area contributed by atoms with Gasteiger partial charge in [0.15, 0.2) is 0 Å². The number of aliphatic hydroxyl groups excluding tert-OH is 1. The Balaban J connectivity index is 1.54. The van der Waals surface area contributed by atoms with Crippen molar-refractivity contribution < 1.29 is 9.84 Å². The molecule has 28 heavy (non-hydrogen) atoms. The van der Waals surface area contributed by atoms with Crippen LogP contribution in [-0.2, 0) is 4.74 Å². The summed E-state index contributed by atoms with van der Waals surface area (Å²) in [6.45, 7) is 2.70. The fourth-order valence-electron chi connectivity index (χ4n) is 3.31. The zero-order valence-corrected chi connectivity index (χ0v) is 17.4. The van der Waals surface area contributed by atoms with Gasteiger partial charge in [-0.3, -0.25) is 0 Å². The van der Waals surface area contributed by atoms with Crippen molar-refractivity contribution >= 4 is 5.90 Å². The highest BCUT2D eigenvalue weighted by Gasteiger charge is 2.24. The highest BCUT2D eigenvalue weighted by atomic mass is 16.5. The van der Waals surface area contributed by atoms with Crippen LogP contribution >= 0.6 is 0 Å². The Kier molecular flexibility index (Phi) is 11.3. The number of benzene rings is 1. The van der Waals surface area contributed by atoms with Gasteiger partial charge < -0.3 is 9.84 Å². The smallest absolute Gasteiger partial charge is 0.216 e. The minimum Gasteiger partial charge on any atom is -0.475 e. The van der Waals surface area contributed by atoms with Gasteiger partial charge in [0, 0.05) is 5.56 Å². The van der Waals surface area contributed by atoms with Crippen molar-refractivity contribution in [3.63, 3.8) is 0 Å². The number of ether oxygens (including phenoxy) is 1. The van der Waals surface area contributed by atoms with Crippen LogP contribution in [0.1, 0.15) is 76.7 Å². The summed E-state index contributed by atoms with van der Waals surface area (Å²) in [4.78, 5) is 4.52. The molecule has 0 aromatic heterocycles. The lowest BCUT2D eigenvalue weighted by molar-refractivity contribution is 0.168. The standard InChI is InChI=1S/C25H37NO2/c1-2-3-4-5-6-7-8-9-10-11-12-13-17-20-24(27)23-21-28-25(26-23)22-18-15-14-16-19-22/h10-11,14-20,23-24,27H,2-9,12-13,21H2,1H3/b11-10-,20-17+/t23-,24+/m0/s1. The number of hydrogen-bond donors (Lipinski definition) is 1. The summed E-state index contributed by atoms with van der Waals surface area (Å²) in [5.74, 6) is 0.631. The largest absolute Gasteiger partial charge is 0.475 e. The fraction of sp³-hybridized carbons (Fsp3) is 0.560. The zero-order valence-electron chi connectivity index (χ0n) is 17.4. The van der Waals surface area contributed by atoms with Crippen LogP contribution in [0.2, 0.25) is 0 Å². The topological polar surface area (TPSA) is 41.8 Å². The highest BCUT2D eigenvalue weighted by molar-refractivity contribution is 5.95. The molecule has 0 saturated carbocycles. The Morgan fingerprint density at radius 3 is 2.43 bits per heavy atom. The molecule has 0 spiro atoms. The van der Waals surface area contributed by atoms with Gasteiger partial charge in [0.25, 0.3) is 0 Å². The summed E-state index contributed by atoms with van der Waals surface area (Å²) in [5, 5.41) is 10.3. The molecule has 2 atom stereocenters. The Morgan fingerprint density at radius 1 is 0.964 bits per heavy atom. The molecule has 1 aliphatic heterocycles. The number of rotatable bonds is 14. The van der Waals surface area contributed by atoms with Crippen molar-refractivity contribution in [1.29, 1.82) is 0 Å². The lowest BCUT2D eigenvalue weighted by Gasteiger charge is -2.08. The monoisotopic (exact) mass is 383 g/mol. The predicted molar refractivity (Wildman–Crippen MR) is 119 cm³/mol. The molecule has 1 heterocycles. The Labute approximate surface area is 171 Å². The number of aliphatic imine (C=N–C) groups is 1. The Morgan fingerprint density at radius 2 is 1.64 bits per heavy atom. The van der Waals surface area contributed by atoms with E-state index in [1.165, 1.54) is 51.4 Å². The van der Waals surface area contributed by atoms with Crippen LogP contribution < -0.4 is 0 Å². The summed E-state index contributed by atoms with van der Waals surface area (Å²) < 4.78 is 5.64. The zero-order chi connectivity index (χ0) is 19.9. The molecule has 0 aliphatic carbocycles. The summed E-state index contributed by atoms with van der Waals surface area (Å²) in [6, 6.07) is 9.64. The maximum absolute atomic E-state index is 10.3. The van der Waals surface area contributed by atoms with E-state index in [0.717, 1.165) is 18.4 Å². The second-order valence-corrected chi connectivity index (χ2v) is 7.56. The maximum atomic E-state index is 10.3. The molecule has 0 bridgehead atoms. The number of nitrogens with zero attached hydrogens (tertiary/aromatic N) is 1. The molecule has 0 radical (unpaired) electrons. The van der Waals surface area contributed by atoms with Gasteiger partial charge in [-0.2, -0.15) is 0 Å². The van der Waals surface area contributed by atoms with E-state index in [0.29, 0.717) is 12.5 Å². The summed E-state index contributed by atoms with van der Waals surface area (Å²) in [7, 11) is 0. The second-order valence-electron chi connectivity index (χ2n) is 7.56. The third-order valence-corrected chi connectivity index (χ3v) is 5.06. The first-order valence-corrected chi connectivity index (χ1v) is 11.1. The van der Waals surface area contributed by atoms with Crippen molar-refractivity contribution in [2.75, 3.05) is 6.61 Å². The van der Waals surface area contributed by atoms with Gasteiger partial charge in [-0.1, -0.05) is 88.0 Å².